The maximum absolute atomic E-state index is 11.2. The van der Waals surface area contributed by atoms with Crippen molar-refractivity contribution in [2.24, 2.45) is 5.73 Å². The highest BCUT2D eigenvalue weighted by molar-refractivity contribution is 6.37. The number of phenolic OH excluding ortho intramolecular Hbond substituents is 1. The molecule has 0 unspecified atom stereocenters. The molecule has 0 saturated heterocycles. The number of carbonyl (C=O) groups excluding carboxylic acids is 1. The van der Waals surface area contributed by atoms with Crippen LogP contribution in [0.2, 0.25) is 10.0 Å². The summed E-state index contributed by atoms with van der Waals surface area (Å²) in [7, 11) is 0. The van der Waals surface area contributed by atoms with Gasteiger partial charge < -0.3 is 15.6 Å². The van der Waals surface area contributed by atoms with E-state index in [2.05, 4.69) is 0 Å². The Hall–Kier alpha value is -2.69. The third-order valence-electron chi connectivity index (χ3n) is 3.81. The second kappa shape index (κ2) is 7.28. The summed E-state index contributed by atoms with van der Waals surface area (Å²) in [6.45, 7) is 1.88. The minimum Gasteiger partial charge on any atom is -0.507 e. The second-order valence-electron chi connectivity index (χ2n) is 5.78. The second-order valence-corrected chi connectivity index (χ2v) is 6.59. The van der Waals surface area contributed by atoms with Gasteiger partial charge in [0, 0.05) is 11.1 Å². The van der Waals surface area contributed by atoms with E-state index in [4.69, 9.17) is 33.7 Å². The van der Waals surface area contributed by atoms with Crippen LogP contribution in [-0.4, -0.2) is 11.0 Å². The first-order valence-electron chi connectivity index (χ1n) is 7.72. The van der Waals surface area contributed by atoms with Crippen molar-refractivity contribution in [3.63, 3.8) is 0 Å². The minimum atomic E-state index is -0.512. The molecule has 26 heavy (non-hydrogen) atoms. The number of benzene rings is 3. The van der Waals surface area contributed by atoms with E-state index in [1.54, 1.807) is 48.5 Å². The monoisotopic (exact) mass is 387 g/mol. The number of hydrogen-bond acceptors (Lipinski definition) is 3. The Morgan fingerprint density at radius 2 is 1.62 bits per heavy atom. The molecule has 0 fully saturated rings. The molecular weight excluding hydrogens is 373 g/mol. The van der Waals surface area contributed by atoms with Gasteiger partial charge in [-0.1, -0.05) is 35.3 Å². The molecule has 0 aliphatic heterocycles. The van der Waals surface area contributed by atoms with Gasteiger partial charge in [0.2, 0.25) is 5.91 Å². The van der Waals surface area contributed by atoms with Crippen LogP contribution in [0.4, 0.5) is 0 Å². The van der Waals surface area contributed by atoms with Crippen LogP contribution in [0, 0.1) is 6.92 Å². The molecule has 0 heterocycles. The predicted octanol–water partition coefficient (Wildman–Crippen LogP) is 5.57. The number of aromatic hydroxyl groups is 1. The van der Waals surface area contributed by atoms with E-state index in [9.17, 15) is 9.90 Å². The number of phenols is 1. The van der Waals surface area contributed by atoms with Gasteiger partial charge in [-0.3, -0.25) is 4.79 Å². The number of aryl methyl sites for hydroxylation is 1. The van der Waals surface area contributed by atoms with E-state index >= 15 is 0 Å². The summed E-state index contributed by atoms with van der Waals surface area (Å²) in [5.41, 5.74) is 7.81. The Labute approximate surface area is 160 Å². The SMILES string of the molecule is Cc1cc(Cl)c(Oc2ccc(O)c(-c3ccc(C(N)=O)cc3)c2)c(Cl)c1. The number of hydrogen-bond donors (Lipinski definition) is 2. The van der Waals surface area contributed by atoms with Gasteiger partial charge in [0.25, 0.3) is 0 Å². The number of primary amides is 1. The van der Waals surface area contributed by atoms with Crippen molar-refractivity contribution in [3.05, 3.63) is 75.8 Å². The van der Waals surface area contributed by atoms with Crippen molar-refractivity contribution in [1.82, 2.24) is 0 Å². The first-order valence-corrected chi connectivity index (χ1v) is 8.47. The molecule has 0 radical (unpaired) electrons. The lowest BCUT2D eigenvalue weighted by Crippen LogP contribution is -2.10. The number of nitrogens with two attached hydrogens (primary N) is 1. The normalized spacial score (nSPS) is 10.6. The molecule has 1 amide bonds. The highest BCUT2D eigenvalue weighted by atomic mass is 35.5. The molecule has 0 aromatic heterocycles. The van der Waals surface area contributed by atoms with Crippen LogP contribution in [0.5, 0.6) is 17.2 Å². The van der Waals surface area contributed by atoms with Crippen LogP contribution in [0.3, 0.4) is 0 Å². The zero-order valence-electron chi connectivity index (χ0n) is 13.8. The van der Waals surface area contributed by atoms with Gasteiger partial charge in [-0.25, -0.2) is 0 Å². The van der Waals surface area contributed by atoms with Crippen molar-refractivity contribution in [3.8, 4) is 28.4 Å². The van der Waals surface area contributed by atoms with Gasteiger partial charge >= 0.3 is 0 Å². The number of ether oxygens (including phenoxy) is 1. The molecule has 6 heteroatoms. The number of carbonyl (C=O) groups is 1. The van der Waals surface area contributed by atoms with Crippen LogP contribution >= 0.6 is 23.2 Å². The van der Waals surface area contributed by atoms with E-state index in [0.29, 0.717) is 38.2 Å². The average molecular weight is 388 g/mol. The van der Waals surface area contributed by atoms with Crippen molar-refractivity contribution in [2.45, 2.75) is 6.92 Å². The summed E-state index contributed by atoms with van der Waals surface area (Å²) >= 11 is 12.4. The first kappa shape index (κ1) is 18.1. The van der Waals surface area contributed by atoms with Gasteiger partial charge in [0.05, 0.1) is 10.0 Å². The third-order valence-corrected chi connectivity index (χ3v) is 4.37. The Balaban J connectivity index is 1.97. The summed E-state index contributed by atoms with van der Waals surface area (Å²) in [5.74, 6) is 0.371. The molecule has 0 spiro atoms. The lowest BCUT2D eigenvalue weighted by molar-refractivity contribution is 0.100. The summed E-state index contributed by atoms with van der Waals surface area (Å²) in [6, 6.07) is 14.9. The molecule has 3 aromatic carbocycles. The molecule has 132 valence electrons. The molecular formula is C20H15Cl2NO3. The van der Waals surface area contributed by atoms with E-state index in [1.807, 2.05) is 6.92 Å². The predicted molar refractivity (Wildman–Crippen MR) is 103 cm³/mol. The Bertz CT molecular complexity index is 962. The zero-order valence-corrected chi connectivity index (χ0v) is 15.3. The zero-order chi connectivity index (χ0) is 18.8. The number of rotatable bonds is 4. The van der Waals surface area contributed by atoms with Gasteiger partial charge in [-0.15, -0.1) is 0 Å². The lowest BCUT2D eigenvalue weighted by Gasteiger charge is -2.13. The summed E-state index contributed by atoms with van der Waals surface area (Å²) in [6.07, 6.45) is 0. The molecule has 0 aliphatic carbocycles. The van der Waals surface area contributed by atoms with Crippen molar-refractivity contribution in [2.75, 3.05) is 0 Å². The smallest absolute Gasteiger partial charge is 0.248 e. The molecule has 3 N–H and O–H groups in total. The van der Waals surface area contributed by atoms with E-state index in [1.165, 1.54) is 6.07 Å². The Morgan fingerprint density at radius 1 is 1.00 bits per heavy atom. The van der Waals surface area contributed by atoms with Gasteiger partial charge in [-0.05, 0) is 60.5 Å². The standard InChI is InChI=1S/C20H15Cl2NO3/c1-11-8-16(21)19(17(22)9-11)26-14-6-7-18(24)15(10-14)12-2-4-13(5-3-12)20(23)25/h2-10,24H,1H3,(H2,23,25). The molecule has 4 nitrogen and oxygen atoms in total. The van der Waals surface area contributed by atoms with Crippen LogP contribution in [-0.2, 0) is 0 Å². The number of amides is 1. The molecule has 3 aromatic rings. The quantitative estimate of drug-likeness (QED) is 0.614. The molecule has 3 rings (SSSR count). The molecule has 0 atom stereocenters. The molecule has 0 saturated carbocycles. The minimum absolute atomic E-state index is 0.0743. The van der Waals surface area contributed by atoms with Gasteiger partial charge in [0.1, 0.15) is 11.5 Å². The summed E-state index contributed by atoms with van der Waals surface area (Å²) in [4.78, 5) is 11.2. The molecule has 0 aliphatic rings. The highest BCUT2D eigenvalue weighted by Crippen LogP contribution is 2.39. The van der Waals surface area contributed by atoms with Crippen molar-refractivity contribution in [1.29, 1.82) is 0 Å². The Morgan fingerprint density at radius 3 is 2.19 bits per heavy atom. The van der Waals surface area contributed by atoms with Crippen LogP contribution in [0.25, 0.3) is 11.1 Å². The molecule has 0 bridgehead atoms. The highest BCUT2D eigenvalue weighted by Gasteiger charge is 2.12. The largest absolute Gasteiger partial charge is 0.507 e. The topological polar surface area (TPSA) is 72.6 Å². The van der Waals surface area contributed by atoms with Crippen LogP contribution < -0.4 is 10.5 Å². The van der Waals surface area contributed by atoms with E-state index in [-0.39, 0.29) is 5.75 Å². The van der Waals surface area contributed by atoms with Crippen LogP contribution in [0.1, 0.15) is 15.9 Å². The summed E-state index contributed by atoms with van der Waals surface area (Å²) in [5, 5.41) is 11.0. The maximum atomic E-state index is 11.2. The first-order chi connectivity index (χ1) is 12.3. The fraction of sp³-hybridized carbons (Fsp3) is 0.0500. The fourth-order valence-corrected chi connectivity index (χ4v) is 3.20. The average Bonchev–Trinajstić information content (AvgIpc) is 2.59. The number of halogens is 2. The van der Waals surface area contributed by atoms with Crippen molar-refractivity contribution >= 4 is 29.1 Å². The van der Waals surface area contributed by atoms with Gasteiger partial charge in [-0.2, -0.15) is 0 Å². The Kier molecular flexibility index (Phi) is 5.07. The third kappa shape index (κ3) is 3.77. The fourth-order valence-electron chi connectivity index (χ4n) is 2.53. The maximum Gasteiger partial charge on any atom is 0.248 e. The van der Waals surface area contributed by atoms with E-state index < -0.39 is 5.91 Å². The van der Waals surface area contributed by atoms with Gasteiger partial charge in [0.15, 0.2) is 5.75 Å². The van der Waals surface area contributed by atoms with Crippen molar-refractivity contribution < 1.29 is 14.6 Å². The van der Waals surface area contributed by atoms with Crippen LogP contribution in [0.15, 0.2) is 54.6 Å². The lowest BCUT2D eigenvalue weighted by atomic mass is 10.0. The summed E-state index contributed by atoms with van der Waals surface area (Å²) < 4.78 is 5.82. The van der Waals surface area contributed by atoms with E-state index in [0.717, 1.165) is 5.56 Å².